The van der Waals surface area contributed by atoms with Crippen molar-refractivity contribution in [2.24, 2.45) is 17.8 Å². The lowest BCUT2D eigenvalue weighted by molar-refractivity contribution is -0.120. The summed E-state index contributed by atoms with van der Waals surface area (Å²) in [5, 5.41) is 6.46. The molecule has 4 unspecified atom stereocenters. The predicted octanol–water partition coefficient (Wildman–Crippen LogP) is 1.68. The van der Waals surface area contributed by atoms with Gasteiger partial charge in [-0.3, -0.25) is 4.79 Å². The maximum Gasteiger partial charge on any atom is 0.234 e. The minimum absolute atomic E-state index is 0.183. The van der Waals surface area contributed by atoms with Gasteiger partial charge >= 0.3 is 0 Å². The lowest BCUT2D eigenvalue weighted by Crippen LogP contribution is -2.42. The molecule has 3 aliphatic carbocycles. The molecule has 0 saturated heterocycles. The van der Waals surface area contributed by atoms with Crippen LogP contribution in [0.1, 0.15) is 45.4 Å². The van der Waals surface area contributed by atoms with E-state index in [2.05, 4.69) is 17.6 Å². The van der Waals surface area contributed by atoms with Crippen LogP contribution in [0, 0.1) is 17.8 Å². The van der Waals surface area contributed by atoms with E-state index < -0.39 is 0 Å². The summed E-state index contributed by atoms with van der Waals surface area (Å²) in [5.41, 5.74) is 0. The van der Waals surface area contributed by atoms with Gasteiger partial charge in [0.1, 0.15) is 0 Å². The van der Waals surface area contributed by atoms with Crippen molar-refractivity contribution >= 4 is 5.91 Å². The monoisotopic (exact) mass is 236 g/mol. The van der Waals surface area contributed by atoms with E-state index >= 15 is 0 Å². The van der Waals surface area contributed by atoms with Gasteiger partial charge in [0.05, 0.1) is 6.54 Å². The Balaban J connectivity index is 1.40. The van der Waals surface area contributed by atoms with Crippen molar-refractivity contribution in [3.05, 3.63) is 0 Å². The fraction of sp³-hybridized carbons (Fsp3) is 0.929. The zero-order chi connectivity index (χ0) is 11.8. The molecule has 2 bridgehead atoms. The van der Waals surface area contributed by atoms with Crippen LogP contribution in [0.4, 0.5) is 0 Å². The predicted molar refractivity (Wildman–Crippen MR) is 67.6 cm³/mol. The Hall–Kier alpha value is -0.570. The van der Waals surface area contributed by atoms with Crippen molar-refractivity contribution in [3.8, 4) is 0 Å². The zero-order valence-electron chi connectivity index (χ0n) is 10.7. The Kier molecular flexibility index (Phi) is 3.12. The lowest BCUT2D eigenvalue weighted by Gasteiger charge is -2.28. The maximum absolute atomic E-state index is 11.6. The summed E-state index contributed by atoms with van der Waals surface area (Å²) in [6.07, 6.45) is 8.07. The standard InChI is InChI=1S/C14H24N2O/c1-9(13-7-10-2-3-11(13)6-10)15-8-14(17)16-12-4-5-12/h9-13,15H,2-8H2,1H3,(H,16,17). The summed E-state index contributed by atoms with van der Waals surface area (Å²) < 4.78 is 0. The van der Waals surface area contributed by atoms with E-state index in [4.69, 9.17) is 0 Å². The van der Waals surface area contributed by atoms with Crippen molar-refractivity contribution in [3.63, 3.8) is 0 Å². The lowest BCUT2D eigenvalue weighted by atomic mass is 9.84. The van der Waals surface area contributed by atoms with Crippen LogP contribution < -0.4 is 10.6 Å². The van der Waals surface area contributed by atoms with E-state index in [-0.39, 0.29) is 5.91 Å². The Morgan fingerprint density at radius 1 is 1.24 bits per heavy atom. The molecule has 3 fully saturated rings. The summed E-state index contributed by atoms with van der Waals surface area (Å²) in [6, 6.07) is 0.998. The number of carbonyl (C=O) groups excluding carboxylic acids is 1. The molecule has 3 nitrogen and oxygen atoms in total. The molecule has 0 aliphatic heterocycles. The third kappa shape index (κ3) is 2.65. The Morgan fingerprint density at radius 2 is 2.06 bits per heavy atom. The van der Waals surface area contributed by atoms with E-state index in [1.54, 1.807) is 0 Å². The van der Waals surface area contributed by atoms with Crippen LogP contribution in [0.3, 0.4) is 0 Å². The second-order valence-corrected chi connectivity index (χ2v) is 6.35. The largest absolute Gasteiger partial charge is 0.352 e. The van der Waals surface area contributed by atoms with Crippen molar-refractivity contribution in [1.82, 2.24) is 10.6 Å². The average molecular weight is 236 g/mol. The van der Waals surface area contributed by atoms with E-state index in [1.165, 1.54) is 38.5 Å². The molecule has 17 heavy (non-hydrogen) atoms. The minimum atomic E-state index is 0.183. The van der Waals surface area contributed by atoms with Gasteiger partial charge in [-0.1, -0.05) is 6.42 Å². The number of nitrogens with one attached hydrogen (secondary N) is 2. The molecule has 0 spiro atoms. The van der Waals surface area contributed by atoms with E-state index in [1.807, 2.05) is 0 Å². The molecule has 2 N–H and O–H groups in total. The first-order valence-electron chi connectivity index (χ1n) is 7.25. The van der Waals surface area contributed by atoms with Gasteiger partial charge in [-0.25, -0.2) is 0 Å². The van der Waals surface area contributed by atoms with Crippen molar-refractivity contribution in [2.45, 2.75) is 57.5 Å². The molecular formula is C14H24N2O. The highest BCUT2D eigenvalue weighted by Crippen LogP contribution is 2.49. The molecule has 3 aliphatic rings. The molecule has 3 rings (SSSR count). The van der Waals surface area contributed by atoms with Crippen molar-refractivity contribution in [2.75, 3.05) is 6.54 Å². The number of carbonyl (C=O) groups is 1. The van der Waals surface area contributed by atoms with Gasteiger partial charge in [-0.2, -0.15) is 0 Å². The smallest absolute Gasteiger partial charge is 0.234 e. The van der Waals surface area contributed by atoms with E-state index in [9.17, 15) is 4.79 Å². The SMILES string of the molecule is CC(NCC(=O)NC1CC1)C1CC2CCC1C2. The summed E-state index contributed by atoms with van der Waals surface area (Å²) >= 11 is 0. The van der Waals surface area contributed by atoms with Gasteiger partial charge in [-0.15, -0.1) is 0 Å². The van der Waals surface area contributed by atoms with Gasteiger partial charge in [0, 0.05) is 12.1 Å². The van der Waals surface area contributed by atoms with Crippen LogP contribution in [0.15, 0.2) is 0 Å². The van der Waals surface area contributed by atoms with Gasteiger partial charge < -0.3 is 10.6 Å². The molecule has 0 aromatic heterocycles. The minimum Gasteiger partial charge on any atom is -0.352 e. The normalized spacial score (nSPS) is 37.1. The van der Waals surface area contributed by atoms with Gasteiger partial charge in [-0.05, 0) is 56.8 Å². The molecule has 0 heterocycles. The molecule has 96 valence electrons. The summed E-state index contributed by atoms with van der Waals surface area (Å²) in [6.45, 7) is 2.77. The van der Waals surface area contributed by atoms with E-state index in [0.717, 1.165) is 17.8 Å². The molecule has 1 amide bonds. The molecular weight excluding hydrogens is 212 g/mol. The van der Waals surface area contributed by atoms with Crippen LogP contribution in [-0.2, 0) is 4.79 Å². The van der Waals surface area contributed by atoms with Crippen LogP contribution >= 0.6 is 0 Å². The van der Waals surface area contributed by atoms with Crippen LogP contribution in [0.5, 0.6) is 0 Å². The van der Waals surface area contributed by atoms with Crippen LogP contribution in [0.2, 0.25) is 0 Å². The summed E-state index contributed by atoms with van der Waals surface area (Å²) in [4.78, 5) is 11.6. The molecule has 0 aromatic carbocycles. The Bertz CT molecular complexity index is 301. The zero-order valence-corrected chi connectivity index (χ0v) is 10.7. The molecule has 0 aromatic rings. The third-order valence-corrected chi connectivity index (χ3v) is 4.96. The Labute approximate surface area is 104 Å². The van der Waals surface area contributed by atoms with Crippen molar-refractivity contribution in [1.29, 1.82) is 0 Å². The molecule has 4 atom stereocenters. The van der Waals surface area contributed by atoms with Crippen LogP contribution in [0.25, 0.3) is 0 Å². The highest BCUT2D eigenvalue weighted by Gasteiger charge is 2.41. The highest BCUT2D eigenvalue weighted by molar-refractivity contribution is 5.78. The third-order valence-electron chi connectivity index (χ3n) is 4.96. The van der Waals surface area contributed by atoms with Gasteiger partial charge in [0.15, 0.2) is 0 Å². The maximum atomic E-state index is 11.6. The fourth-order valence-corrected chi connectivity index (χ4v) is 3.82. The number of hydrogen-bond donors (Lipinski definition) is 2. The fourth-order valence-electron chi connectivity index (χ4n) is 3.82. The molecule has 3 heteroatoms. The topological polar surface area (TPSA) is 41.1 Å². The Morgan fingerprint density at radius 3 is 2.65 bits per heavy atom. The first-order valence-corrected chi connectivity index (χ1v) is 7.25. The second kappa shape index (κ2) is 4.60. The van der Waals surface area contributed by atoms with Crippen molar-refractivity contribution < 1.29 is 4.79 Å². The number of rotatable bonds is 5. The quantitative estimate of drug-likeness (QED) is 0.762. The van der Waals surface area contributed by atoms with Gasteiger partial charge in [0.2, 0.25) is 5.91 Å². The molecule has 3 saturated carbocycles. The second-order valence-electron chi connectivity index (χ2n) is 6.35. The number of hydrogen-bond acceptors (Lipinski definition) is 2. The highest BCUT2D eigenvalue weighted by atomic mass is 16.2. The first kappa shape index (κ1) is 11.5. The summed E-state index contributed by atoms with van der Waals surface area (Å²) in [5.74, 6) is 2.94. The van der Waals surface area contributed by atoms with E-state index in [0.29, 0.717) is 18.6 Å². The van der Waals surface area contributed by atoms with Crippen LogP contribution in [-0.4, -0.2) is 24.5 Å². The number of fused-ring (bicyclic) bond motifs is 2. The molecule has 0 radical (unpaired) electrons. The first-order chi connectivity index (χ1) is 8.22. The van der Waals surface area contributed by atoms with Gasteiger partial charge in [0.25, 0.3) is 0 Å². The average Bonchev–Trinajstić information content (AvgIpc) is 2.89. The summed E-state index contributed by atoms with van der Waals surface area (Å²) in [7, 11) is 0. The number of amides is 1.